The molecule has 1 aromatic rings. The number of amidine groups is 1. The zero-order valence-corrected chi connectivity index (χ0v) is 10.1. The van der Waals surface area contributed by atoms with E-state index in [4.69, 9.17) is 11.5 Å². The lowest BCUT2D eigenvalue weighted by molar-refractivity contribution is -0.137. The van der Waals surface area contributed by atoms with Gasteiger partial charge in [0.1, 0.15) is 5.84 Å². The fraction of sp³-hybridized carbons (Fsp3) is 0.250. The maximum atomic E-state index is 12.7. The Morgan fingerprint density at radius 3 is 2.58 bits per heavy atom. The number of rotatable bonds is 1. The molecular weight excluding hydrogens is 257 g/mol. The molecular formula is C12H13F3N4. The number of halogens is 3. The molecule has 4 N–H and O–H groups in total. The molecule has 19 heavy (non-hydrogen) atoms. The van der Waals surface area contributed by atoms with Crippen LogP contribution in [0, 0.1) is 0 Å². The Kier molecular flexibility index (Phi) is 3.23. The largest absolute Gasteiger partial charge is 0.416 e. The van der Waals surface area contributed by atoms with Gasteiger partial charge in [-0.25, -0.2) is 4.99 Å². The first-order chi connectivity index (χ1) is 8.79. The molecule has 1 aromatic carbocycles. The number of benzene rings is 1. The van der Waals surface area contributed by atoms with Crippen LogP contribution >= 0.6 is 0 Å². The van der Waals surface area contributed by atoms with Gasteiger partial charge in [0.25, 0.3) is 0 Å². The molecule has 0 amide bonds. The lowest BCUT2D eigenvalue weighted by Crippen LogP contribution is -2.43. The van der Waals surface area contributed by atoms with E-state index in [0.29, 0.717) is 11.4 Å². The lowest BCUT2D eigenvalue weighted by atomic mass is 10.1. The predicted octanol–water partition coefficient (Wildman–Crippen LogP) is 2.03. The van der Waals surface area contributed by atoms with Crippen LogP contribution in [0.15, 0.2) is 41.0 Å². The highest BCUT2D eigenvalue weighted by atomic mass is 19.4. The van der Waals surface area contributed by atoms with Crippen LogP contribution < -0.4 is 16.4 Å². The summed E-state index contributed by atoms with van der Waals surface area (Å²) in [6, 6.07) is 4.92. The predicted molar refractivity (Wildman–Crippen MR) is 67.3 cm³/mol. The molecule has 0 aromatic heterocycles. The molecule has 4 nitrogen and oxygen atoms in total. The van der Waals surface area contributed by atoms with Crippen molar-refractivity contribution in [2.75, 3.05) is 4.90 Å². The number of nitrogens with two attached hydrogens (primary N) is 2. The third kappa shape index (κ3) is 2.70. The number of anilines is 1. The van der Waals surface area contributed by atoms with Crippen LogP contribution in [0.1, 0.15) is 12.5 Å². The molecule has 1 unspecified atom stereocenters. The molecule has 0 saturated carbocycles. The molecule has 0 radical (unpaired) electrons. The molecule has 0 aliphatic carbocycles. The van der Waals surface area contributed by atoms with Gasteiger partial charge in [0, 0.05) is 11.4 Å². The SMILES string of the molecule is CC1=CC(N)=NC(N)N1c1cccc(C(F)(F)F)c1. The molecule has 1 heterocycles. The minimum atomic E-state index is -4.39. The first-order valence-corrected chi connectivity index (χ1v) is 5.52. The first-order valence-electron chi connectivity index (χ1n) is 5.52. The molecule has 1 atom stereocenters. The van der Waals surface area contributed by atoms with E-state index in [-0.39, 0.29) is 5.84 Å². The standard InChI is InChI=1S/C12H13F3N4/c1-7-5-10(16)18-11(17)19(7)9-4-2-3-8(6-9)12(13,14)15/h2-6,11H,17H2,1H3,(H2,16,18). The third-order valence-corrected chi connectivity index (χ3v) is 2.73. The summed E-state index contributed by atoms with van der Waals surface area (Å²) in [6.45, 7) is 1.71. The van der Waals surface area contributed by atoms with Crippen molar-refractivity contribution in [1.29, 1.82) is 0 Å². The van der Waals surface area contributed by atoms with E-state index in [2.05, 4.69) is 4.99 Å². The van der Waals surface area contributed by atoms with E-state index >= 15 is 0 Å². The summed E-state index contributed by atoms with van der Waals surface area (Å²) in [5.41, 5.74) is 11.6. The van der Waals surface area contributed by atoms with Crippen molar-refractivity contribution in [3.8, 4) is 0 Å². The number of hydrogen-bond acceptors (Lipinski definition) is 4. The maximum absolute atomic E-state index is 12.7. The van der Waals surface area contributed by atoms with E-state index in [1.807, 2.05) is 0 Å². The van der Waals surface area contributed by atoms with E-state index in [1.54, 1.807) is 19.1 Å². The van der Waals surface area contributed by atoms with E-state index < -0.39 is 18.0 Å². The van der Waals surface area contributed by atoms with Crippen molar-refractivity contribution in [1.82, 2.24) is 0 Å². The first kappa shape index (κ1) is 13.4. The van der Waals surface area contributed by atoms with Gasteiger partial charge in [-0.3, -0.25) is 5.73 Å². The molecule has 1 aliphatic rings. The second-order valence-corrected chi connectivity index (χ2v) is 4.17. The third-order valence-electron chi connectivity index (χ3n) is 2.73. The van der Waals surface area contributed by atoms with E-state index in [9.17, 15) is 13.2 Å². The highest BCUT2D eigenvalue weighted by Gasteiger charge is 2.31. The average molecular weight is 270 g/mol. The van der Waals surface area contributed by atoms with Gasteiger partial charge in [0.2, 0.25) is 0 Å². The highest BCUT2D eigenvalue weighted by Crippen LogP contribution is 2.33. The van der Waals surface area contributed by atoms with Gasteiger partial charge >= 0.3 is 6.18 Å². The summed E-state index contributed by atoms with van der Waals surface area (Å²) in [5, 5.41) is 0. The normalized spacial score (nSPS) is 20.1. The van der Waals surface area contributed by atoms with Crippen LogP contribution in [-0.2, 0) is 6.18 Å². The zero-order valence-electron chi connectivity index (χ0n) is 10.1. The second-order valence-electron chi connectivity index (χ2n) is 4.17. The minimum Gasteiger partial charge on any atom is -0.384 e. The van der Waals surface area contributed by atoms with Crippen molar-refractivity contribution in [3.63, 3.8) is 0 Å². The fourth-order valence-corrected chi connectivity index (χ4v) is 1.93. The molecule has 1 aliphatic heterocycles. The average Bonchev–Trinajstić information content (AvgIpc) is 2.26. The fourth-order valence-electron chi connectivity index (χ4n) is 1.93. The molecule has 0 saturated heterocycles. The molecule has 102 valence electrons. The molecule has 7 heteroatoms. The van der Waals surface area contributed by atoms with Crippen molar-refractivity contribution in [3.05, 3.63) is 41.6 Å². The van der Waals surface area contributed by atoms with Crippen molar-refractivity contribution in [2.45, 2.75) is 19.4 Å². The smallest absolute Gasteiger partial charge is 0.384 e. The topological polar surface area (TPSA) is 67.6 Å². The Bertz CT molecular complexity index is 548. The van der Waals surface area contributed by atoms with Gasteiger partial charge < -0.3 is 10.6 Å². The van der Waals surface area contributed by atoms with Crippen LogP contribution in [-0.4, -0.2) is 12.1 Å². The van der Waals surface area contributed by atoms with Gasteiger partial charge in [-0.2, -0.15) is 13.2 Å². The second kappa shape index (κ2) is 4.58. The highest BCUT2D eigenvalue weighted by molar-refractivity contribution is 5.94. The number of aliphatic imine (C=N–C) groups is 1. The minimum absolute atomic E-state index is 0.258. The van der Waals surface area contributed by atoms with Crippen LogP contribution in [0.4, 0.5) is 18.9 Å². The van der Waals surface area contributed by atoms with Crippen LogP contribution in [0.3, 0.4) is 0 Å². The Labute approximate surface area is 108 Å². The molecule has 0 spiro atoms. The number of hydrogen-bond donors (Lipinski definition) is 2. The van der Waals surface area contributed by atoms with Gasteiger partial charge in [0.05, 0.1) is 5.56 Å². The summed E-state index contributed by atoms with van der Waals surface area (Å²) in [6.07, 6.45) is -3.66. The van der Waals surface area contributed by atoms with Crippen LogP contribution in [0.5, 0.6) is 0 Å². The number of allylic oxidation sites excluding steroid dienone is 1. The van der Waals surface area contributed by atoms with Gasteiger partial charge in [-0.15, -0.1) is 0 Å². The van der Waals surface area contributed by atoms with Crippen LogP contribution in [0.25, 0.3) is 0 Å². The Morgan fingerprint density at radius 2 is 2.00 bits per heavy atom. The van der Waals surface area contributed by atoms with Crippen molar-refractivity contribution >= 4 is 11.5 Å². The Hall–Kier alpha value is -2.02. The number of alkyl halides is 3. The summed E-state index contributed by atoms with van der Waals surface area (Å²) >= 11 is 0. The Balaban J connectivity index is 2.41. The van der Waals surface area contributed by atoms with Crippen LogP contribution in [0.2, 0.25) is 0 Å². The summed E-state index contributed by atoms with van der Waals surface area (Å²) in [4.78, 5) is 5.41. The van der Waals surface area contributed by atoms with E-state index in [1.165, 1.54) is 11.0 Å². The summed E-state index contributed by atoms with van der Waals surface area (Å²) < 4.78 is 38.0. The quantitative estimate of drug-likeness (QED) is 0.820. The van der Waals surface area contributed by atoms with Gasteiger partial charge in [-0.05, 0) is 31.2 Å². The van der Waals surface area contributed by atoms with Crippen molar-refractivity contribution in [2.24, 2.45) is 16.5 Å². The monoisotopic (exact) mass is 270 g/mol. The lowest BCUT2D eigenvalue weighted by Gasteiger charge is -2.32. The van der Waals surface area contributed by atoms with Crippen molar-refractivity contribution < 1.29 is 13.2 Å². The van der Waals surface area contributed by atoms with Gasteiger partial charge in [-0.1, -0.05) is 6.07 Å². The van der Waals surface area contributed by atoms with E-state index in [0.717, 1.165) is 12.1 Å². The maximum Gasteiger partial charge on any atom is 0.416 e. The Morgan fingerprint density at radius 1 is 1.32 bits per heavy atom. The summed E-state index contributed by atoms with van der Waals surface area (Å²) in [5.74, 6) is 0.258. The van der Waals surface area contributed by atoms with Gasteiger partial charge in [0.15, 0.2) is 6.29 Å². The molecule has 0 bridgehead atoms. The zero-order chi connectivity index (χ0) is 14.2. The molecule has 0 fully saturated rings. The number of nitrogens with zero attached hydrogens (tertiary/aromatic N) is 2. The molecule has 2 rings (SSSR count). The summed E-state index contributed by atoms with van der Waals surface area (Å²) in [7, 11) is 0.